The topological polar surface area (TPSA) is 49.3 Å². The average molecular weight is 336 g/mol. The van der Waals surface area contributed by atoms with Crippen LogP contribution in [-0.4, -0.2) is 35.2 Å². The first-order valence-corrected chi connectivity index (χ1v) is 7.47. The number of hydrogen-bond donors (Lipinski definition) is 2. The molecule has 0 saturated heterocycles. The van der Waals surface area contributed by atoms with Crippen molar-refractivity contribution in [2.24, 2.45) is 0 Å². The first kappa shape index (κ1) is 15.5. The van der Waals surface area contributed by atoms with E-state index in [1.165, 1.54) is 30.0 Å². The number of nitrogens with one attached hydrogen (secondary N) is 1. The third-order valence-electron chi connectivity index (χ3n) is 2.58. The maximum atomic E-state index is 13.0. The molecule has 0 aliphatic heterocycles. The molecule has 2 N–H and O–H groups in total. The maximum absolute atomic E-state index is 13.0. The lowest BCUT2D eigenvalue weighted by atomic mass is 10.1. The van der Waals surface area contributed by atoms with Crippen molar-refractivity contribution in [1.82, 2.24) is 5.32 Å². The highest BCUT2D eigenvalue weighted by Crippen LogP contribution is 2.17. The van der Waals surface area contributed by atoms with Crippen LogP contribution in [0.4, 0.5) is 4.39 Å². The van der Waals surface area contributed by atoms with Crippen LogP contribution in [0.2, 0.25) is 0 Å². The zero-order valence-electron chi connectivity index (χ0n) is 10.1. The van der Waals surface area contributed by atoms with E-state index in [-0.39, 0.29) is 28.3 Å². The molecular formula is C12H15BrFNO2S. The van der Waals surface area contributed by atoms with E-state index >= 15 is 0 Å². The predicted molar refractivity (Wildman–Crippen MR) is 75.4 cm³/mol. The van der Waals surface area contributed by atoms with E-state index in [0.29, 0.717) is 5.56 Å². The van der Waals surface area contributed by atoms with Gasteiger partial charge in [0.15, 0.2) is 0 Å². The van der Waals surface area contributed by atoms with E-state index in [2.05, 4.69) is 21.2 Å². The number of halogens is 2. The first-order chi connectivity index (χ1) is 8.49. The van der Waals surface area contributed by atoms with Crippen molar-refractivity contribution in [3.63, 3.8) is 0 Å². The highest BCUT2D eigenvalue weighted by Gasteiger charge is 2.18. The summed E-state index contributed by atoms with van der Waals surface area (Å²) in [5.74, 6) is -0.687. The minimum absolute atomic E-state index is 0.00424. The van der Waals surface area contributed by atoms with E-state index in [9.17, 15) is 9.18 Å². The van der Waals surface area contributed by atoms with E-state index in [0.717, 1.165) is 0 Å². The van der Waals surface area contributed by atoms with Crippen molar-refractivity contribution in [3.05, 3.63) is 34.1 Å². The summed E-state index contributed by atoms with van der Waals surface area (Å²) in [7, 11) is 0. The summed E-state index contributed by atoms with van der Waals surface area (Å²) in [5.41, 5.74) is 0.382. The number of aliphatic hydroxyl groups excluding tert-OH is 1. The lowest BCUT2D eigenvalue weighted by molar-refractivity contribution is 0.0936. The van der Waals surface area contributed by atoms with Crippen molar-refractivity contribution >= 4 is 33.6 Å². The molecule has 0 saturated carbocycles. The third kappa shape index (κ3) is 3.96. The Balaban J connectivity index is 2.73. The number of hydrogen-bond acceptors (Lipinski definition) is 3. The highest BCUT2D eigenvalue weighted by atomic mass is 79.9. The normalized spacial score (nSPS) is 14.1. The summed E-state index contributed by atoms with van der Waals surface area (Å²) in [5, 5.41) is 11.9. The molecule has 1 amide bonds. The summed E-state index contributed by atoms with van der Waals surface area (Å²) in [6.07, 6.45) is 1.87. The average Bonchev–Trinajstić information content (AvgIpc) is 2.34. The fraction of sp³-hybridized carbons (Fsp3) is 0.417. The molecule has 0 heterocycles. The quantitative estimate of drug-likeness (QED) is 0.868. The summed E-state index contributed by atoms with van der Waals surface area (Å²) in [6.45, 7) is 1.82. The summed E-state index contributed by atoms with van der Waals surface area (Å²) >= 11 is 4.52. The van der Waals surface area contributed by atoms with E-state index < -0.39 is 5.82 Å². The van der Waals surface area contributed by atoms with Gasteiger partial charge < -0.3 is 10.4 Å². The Kier molecular flexibility index (Phi) is 6.11. The lowest BCUT2D eigenvalue weighted by Gasteiger charge is -2.21. The van der Waals surface area contributed by atoms with Crippen LogP contribution in [0.5, 0.6) is 0 Å². The second-order valence-corrected chi connectivity index (χ2v) is 5.78. The van der Waals surface area contributed by atoms with Crippen molar-refractivity contribution in [3.8, 4) is 0 Å². The van der Waals surface area contributed by atoms with Crippen LogP contribution in [0.15, 0.2) is 22.7 Å². The summed E-state index contributed by atoms with van der Waals surface area (Å²) < 4.78 is 13.3. The highest BCUT2D eigenvalue weighted by molar-refractivity contribution is 9.10. The van der Waals surface area contributed by atoms with E-state index in [1.54, 1.807) is 0 Å². The number of aliphatic hydroxyl groups is 1. The van der Waals surface area contributed by atoms with Gasteiger partial charge >= 0.3 is 0 Å². The monoisotopic (exact) mass is 335 g/mol. The molecule has 0 aromatic heterocycles. The van der Waals surface area contributed by atoms with Gasteiger partial charge in [0, 0.05) is 16.9 Å². The molecule has 1 aromatic carbocycles. The number of carbonyl (C=O) groups is 1. The molecule has 2 atom stereocenters. The predicted octanol–water partition coefficient (Wildman–Crippen LogP) is 2.43. The molecule has 100 valence electrons. The molecule has 0 aliphatic carbocycles. The molecule has 0 radical (unpaired) electrons. The molecule has 3 nitrogen and oxygen atoms in total. The molecule has 6 heteroatoms. The minimum atomic E-state index is -0.406. The molecule has 18 heavy (non-hydrogen) atoms. The molecule has 0 spiro atoms. The van der Waals surface area contributed by atoms with Crippen LogP contribution in [-0.2, 0) is 0 Å². The van der Waals surface area contributed by atoms with Crippen LogP contribution in [0.3, 0.4) is 0 Å². The third-order valence-corrected chi connectivity index (χ3v) is 4.35. The Morgan fingerprint density at radius 2 is 2.28 bits per heavy atom. The minimum Gasteiger partial charge on any atom is -0.395 e. The summed E-state index contributed by atoms with van der Waals surface area (Å²) in [6, 6.07) is 3.93. The van der Waals surface area contributed by atoms with Crippen molar-refractivity contribution in [2.45, 2.75) is 18.2 Å². The lowest BCUT2D eigenvalue weighted by Crippen LogP contribution is -2.41. The van der Waals surface area contributed by atoms with Crippen LogP contribution in [0.25, 0.3) is 0 Å². The van der Waals surface area contributed by atoms with Crippen molar-refractivity contribution in [1.29, 1.82) is 0 Å². The largest absolute Gasteiger partial charge is 0.395 e. The Labute approximate surface area is 118 Å². The number of carbonyl (C=O) groups excluding carboxylic acids is 1. The van der Waals surface area contributed by atoms with Crippen LogP contribution >= 0.6 is 27.7 Å². The Morgan fingerprint density at radius 1 is 1.61 bits per heavy atom. The van der Waals surface area contributed by atoms with Gasteiger partial charge in [-0.3, -0.25) is 4.79 Å². The molecule has 1 aromatic rings. The fourth-order valence-corrected chi connectivity index (χ4v) is 2.46. The van der Waals surface area contributed by atoms with Crippen molar-refractivity contribution in [2.75, 3.05) is 12.9 Å². The molecular weight excluding hydrogens is 321 g/mol. The van der Waals surface area contributed by atoms with Crippen molar-refractivity contribution < 1.29 is 14.3 Å². The first-order valence-electron chi connectivity index (χ1n) is 5.39. The van der Waals surface area contributed by atoms with Crippen LogP contribution in [0.1, 0.15) is 17.3 Å². The SMILES string of the molecule is CSC(CO)C(C)NC(=O)c1ccc(F)c(Br)c1. The number of thioether (sulfide) groups is 1. The zero-order chi connectivity index (χ0) is 13.7. The zero-order valence-corrected chi connectivity index (χ0v) is 12.5. The van der Waals surface area contributed by atoms with Gasteiger partial charge in [-0.05, 0) is 47.3 Å². The fourth-order valence-electron chi connectivity index (χ4n) is 1.46. The smallest absolute Gasteiger partial charge is 0.251 e. The van der Waals surface area contributed by atoms with Gasteiger partial charge in [-0.1, -0.05) is 0 Å². The van der Waals surface area contributed by atoms with Gasteiger partial charge in [0.1, 0.15) is 5.82 Å². The molecule has 0 fully saturated rings. The Hall–Kier alpha value is -0.590. The van der Waals surface area contributed by atoms with Gasteiger partial charge in [0.2, 0.25) is 0 Å². The second-order valence-electron chi connectivity index (χ2n) is 3.85. The summed E-state index contributed by atoms with van der Waals surface area (Å²) in [4.78, 5) is 11.9. The van der Waals surface area contributed by atoms with E-state index in [1.807, 2.05) is 13.2 Å². The van der Waals surface area contributed by atoms with Gasteiger partial charge in [-0.25, -0.2) is 4.39 Å². The number of amides is 1. The molecule has 0 bridgehead atoms. The van der Waals surface area contributed by atoms with Gasteiger partial charge in [0.05, 0.1) is 11.1 Å². The van der Waals surface area contributed by atoms with Gasteiger partial charge in [0.25, 0.3) is 5.91 Å². The molecule has 1 rings (SSSR count). The Bertz CT molecular complexity index is 427. The second kappa shape index (κ2) is 7.11. The van der Waals surface area contributed by atoms with Gasteiger partial charge in [-0.15, -0.1) is 0 Å². The number of benzene rings is 1. The van der Waals surface area contributed by atoms with Crippen LogP contribution in [0, 0.1) is 5.82 Å². The molecule has 2 unspecified atom stereocenters. The molecule has 0 aliphatic rings. The maximum Gasteiger partial charge on any atom is 0.251 e. The van der Waals surface area contributed by atoms with Gasteiger partial charge in [-0.2, -0.15) is 11.8 Å². The van der Waals surface area contributed by atoms with E-state index in [4.69, 9.17) is 5.11 Å². The Morgan fingerprint density at radius 3 is 2.78 bits per heavy atom. The van der Waals surface area contributed by atoms with Crippen LogP contribution < -0.4 is 5.32 Å². The standard InChI is InChI=1S/C12H15BrFNO2S/c1-7(11(6-16)18-2)15-12(17)8-3-4-10(14)9(13)5-8/h3-5,7,11,16H,6H2,1-2H3,(H,15,17). The number of rotatable bonds is 5.